The molecule has 0 aliphatic heterocycles. The lowest BCUT2D eigenvalue weighted by molar-refractivity contribution is 0.415. The minimum atomic E-state index is 0.648. The maximum Gasteiger partial charge on any atom is 0.163 e. The van der Waals surface area contributed by atoms with Crippen LogP contribution in [0.5, 0.6) is 5.75 Å². The van der Waals surface area contributed by atoms with Gasteiger partial charge in [0, 0.05) is 19.7 Å². The molecule has 0 amide bonds. The zero-order chi connectivity index (χ0) is 16.6. The summed E-state index contributed by atoms with van der Waals surface area (Å²) < 4.78 is 5.19. The van der Waals surface area contributed by atoms with Crippen molar-refractivity contribution < 1.29 is 4.74 Å². The molecule has 0 spiro atoms. The summed E-state index contributed by atoms with van der Waals surface area (Å²) in [5.41, 5.74) is 1.86. The Morgan fingerprint density at radius 3 is 2.43 bits per heavy atom. The number of anilines is 1. The van der Waals surface area contributed by atoms with Gasteiger partial charge in [0.05, 0.1) is 12.5 Å². The van der Waals surface area contributed by atoms with E-state index in [2.05, 4.69) is 11.1 Å². The number of thiophene rings is 1. The monoisotopic (exact) mass is 324 g/mol. The molecule has 5 nitrogen and oxygen atoms in total. The first-order chi connectivity index (χ1) is 11.0. The Labute approximate surface area is 138 Å². The van der Waals surface area contributed by atoms with E-state index >= 15 is 0 Å². The topological polar surface area (TPSA) is 62.0 Å². The van der Waals surface area contributed by atoms with Crippen LogP contribution in [-0.4, -0.2) is 31.2 Å². The molecule has 0 fully saturated rings. The summed E-state index contributed by atoms with van der Waals surface area (Å²) in [7, 11) is 5.53. The first-order valence-electron chi connectivity index (χ1n) is 7.08. The average Bonchev–Trinajstić information content (AvgIpc) is 2.90. The van der Waals surface area contributed by atoms with Crippen LogP contribution in [0.15, 0.2) is 24.3 Å². The van der Waals surface area contributed by atoms with E-state index in [0.29, 0.717) is 10.7 Å². The molecule has 0 bridgehead atoms. The minimum absolute atomic E-state index is 0.648. The molecule has 6 heteroatoms. The number of benzene rings is 1. The number of hydrogen-bond acceptors (Lipinski definition) is 6. The third kappa shape index (κ3) is 2.60. The van der Waals surface area contributed by atoms with Crippen molar-refractivity contribution in [2.45, 2.75) is 6.92 Å². The summed E-state index contributed by atoms with van der Waals surface area (Å²) in [5.74, 6) is 2.27. The van der Waals surface area contributed by atoms with Crippen molar-refractivity contribution in [3.8, 4) is 23.2 Å². The Morgan fingerprint density at radius 1 is 1.17 bits per heavy atom. The van der Waals surface area contributed by atoms with Crippen molar-refractivity contribution in [3.05, 3.63) is 34.7 Å². The molecule has 0 unspecified atom stereocenters. The second kappa shape index (κ2) is 5.86. The molecule has 2 aromatic heterocycles. The van der Waals surface area contributed by atoms with Gasteiger partial charge in [0.1, 0.15) is 27.3 Å². The number of methoxy groups -OCH3 is 1. The zero-order valence-corrected chi connectivity index (χ0v) is 14.2. The molecule has 2 heterocycles. The molecule has 0 saturated heterocycles. The molecule has 116 valence electrons. The highest BCUT2D eigenvalue weighted by molar-refractivity contribution is 7.19. The van der Waals surface area contributed by atoms with Crippen molar-refractivity contribution in [2.24, 2.45) is 0 Å². The lowest BCUT2D eigenvalue weighted by Gasteiger charge is -2.14. The summed E-state index contributed by atoms with van der Waals surface area (Å²) in [4.78, 5) is 12.8. The predicted octanol–water partition coefficient (Wildman–Crippen LogP) is 3.61. The predicted molar refractivity (Wildman–Crippen MR) is 93.2 cm³/mol. The summed E-state index contributed by atoms with van der Waals surface area (Å²) in [6.07, 6.45) is 0. The first kappa shape index (κ1) is 15.3. The number of rotatable bonds is 3. The van der Waals surface area contributed by atoms with Gasteiger partial charge in [-0.25, -0.2) is 9.97 Å². The van der Waals surface area contributed by atoms with E-state index in [1.165, 1.54) is 11.3 Å². The van der Waals surface area contributed by atoms with Crippen LogP contribution in [0.1, 0.15) is 10.4 Å². The second-order valence-corrected chi connectivity index (χ2v) is 6.34. The fourth-order valence-corrected chi connectivity index (χ4v) is 3.39. The SMILES string of the molecule is COc1ccc(-c2nc(N(C)C)c3c(C)c(C#N)sc3n2)cc1. The van der Waals surface area contributed by atoms with Gasteiger partial charge in [0.15, 0.2) is 5.82 Å². The number of aromatic nitrogens is 2. The molecule has 0 saturated carbocycles. The Bertz CT molecular complexity index is 907. The first-order valence-corrected chi connectivity index (χ1v) is 7.89. The van der Waals surface area contributed by atoms with E-state index in [1.54, 1.807) is 7.11 Å². The van der Waals surface area contributed by atoms with Gasteiger partial charge in [-0.3, -0.25) is 0 Å². The molecular weight excluding hydrogens is 308 g/mol. The summed E-state index contributed by atoms with van der Waals surface area (Å²) in [5, 5.41) is 10.2. The third-order valence-corrected chi connectivity index (χ3v) is 4.73. The standard InChI is InChI=1S/C17H16N4OS/c1-10-13(9-18)23-17-14(10)16(21(2)3)19-15(20-17)11-5-7-12(22-4)8-6-11/h5-8H,1-4H3. The molecule has 1 aromatic carbocycles. The average molecular weight is 324 g/mol. The molecule has 0 radical (unpaired) electrons. The van der Waals surface area contributed by atoms with Gasteiger partial charge in [0.2, 0.25) is 0 Å². The van der Waals surface area contributed by atoms with E-state index < -0.39 is 0 Å². The van der Waals surface area contributed by atoms with Gasteiger partial charge in [-0.1, -0.05) is 0 Å². The van der Waals surface area contributed by atoms with Crippen molar-refractivity contribution in [1.82, 2.24) is 9.97 Å². The Kier molecular flexibility index (Phi) is 3.89. The molecule has 3 aromatic rings. The number of nitriles is 1. The summed E-state index contributed by atoms with van der Waals surface area (Å²) in [6, 6.07) is 9.89. The molecule has 23 heavy (non-hydrogen) atoms. The van der Waals surface area contributed by atoms with Crippen LogP contribution in [0.4, 0.5) is 5.82 Å². The molecule has 3 rings (SSSR count). The Morgan fingerprint density at radius 2 is 1.87 bits per heavy atom. The lowest BCUT2D eigenvalue weighted by Crippen LogP contribution is -2.12. The third-order valence-electron chi connectivity index (χ3n) is 3.64. The van der Waals surface area contributed by atoms with Crippen LogP contribution >= 0.6 is 11.3 Å². The van der Waals surface area contributed by atoms with E-state index in [4.69, 9.17) is 9.72 Å². The van der Waals surface area contributed by atoms with Gasteiger partial charge < -0.3 is 9.64 Å². The van der Waals surface area contributed by atoms with Crippen LogP contribution in [0.2, 0.25) is 0 Å². The van der Waals surface area contributed by atoms with Gasteiger partial charge in [-0.05, 0) is 36.8 Å². The van der Waals surface area contributed by atoms with E-state index in [1.807, 2.05) is 50.2 Å². The molecule has 0 atom stereocenters. The molecule has 0 N–H and O–H groups in total. The van der Waals surface area contributed by atoms with Crippen molar-refractivity contribution in [2.75, 3.05) is 26.1 Å². The highest BCUT2D eigenvalue weighted by Crippen LogP contribution is 2.36. The second-order valence-electron chi connectivity index (χ2n) is 5.34. The fraction of sp³-hybridized carbons (Fsp3) is 0.235. The fourth-order valence-electron chi connectivity index (χ4n) is 2.42. The number of aryl methyl sites for hydroxylation is 1. The smallest absolute Gasteiger partial charge is 0.163 e. The van der Waals surface area contributed by atoms with Gasteiger partial charge >= 0.3 is 0 Å². The van der Waals surface area contributed by atoms with Crippen LogP contribution in [0.25, 0.3) is 21.6 Å². The summed E-state index contributed by atoms with van der Waals surface area (Å²) in [6.45, 7) is 1.95. The normalized spacial score (nSPS) is 10.6. The highest BCUT2D eigenvalue weighted by atomic mass is 32.1. The van der Waals surface area contributed by atoms with Crippen LogP contribution < -0.4 is 9.64 Å². The zero-order valence-electron chi connectivity index (χ0n) is 13.4. The number of hydrogen-bond donors (Lipinski definition) is 0. The molecule has 0 aliphatic rings. The Hall–Kier alpha value is -2.65. The highest BCUT2D eigenvalue weighted by Gasteiger charge is 2.18. The largest absolute Gasteiger partial charge is 0.497 e. The quantitative estimate of drug-likeness (QED) is 0.736. The van der Waals surface area contributed by atoms with Crippen LogP contribution in [-0.2, 0) is 0 Å². The maximum atomic E-state index is 9.28. The number of fused-ring (bicyclic) bond motifs is 1. The van der Waals surface area contributed by atoms with E-state index in [9.17, 15) is 5.26 Å². The van der Waals surface area contributed by atoms with Gasteiger partial charge in [-0.2, -0.15) is 5.26 Å². The van der Waals surface area contributed by atoms with E-state index in [-0.39, 0.29) is 0 Å². The number of ether oxygens (including phenoxy) is 1. The Balaban J connectivity index is 2.24. The lowest BCUT2D eigenvalue weighted by atomic mass is 10.1. The van der Waals surface area contributed by atoms with Gasteiger partial charge in [0.25, 0.3) is 0 Å². The van der Waals surface area contributed by atoms with Crippen molar-refractivity contribution in [1.29, 1.82) is 5.26 Å². The van der Waals surface area contributed by atoms with Crippen molar-refractivity contribution in [3.63, 3.8) is 0 Å². The number of nitrogens with zero attached hydrogens (tertiary/aromatic N) is 4. The van der Waals surface area contributed by atoms with Crippen LogP contribution in [0.3, 0.4) is 0 Å². The van der Waals surface area contributed by atoms with E-state index in [0.717, 1.165) is 32.9 Å². The van der Waals surface area contributed by atoms with Gasteiger partial charge in [-0.15, -0.1) is 11.3 Å². The molecular formula is C17H16N4OS. The van der Waals surface area contributed by atoms with Crippen LogP contribution in [0, 0.1) is 18.3 Å². The summed E-state index contributed by atoms with van der Waals surface area (Å²) >= 11 is 1.41. The minimum Gasteiger partial charge on any atom is -0.497 e. The maximum absolute atomic E-state index is 9.28. The van der Waals surface area contributed by atoms with Crippen molar-refractivity contribution >= 4 is 27.4 Å². The molecule has 0 aliphatic carbocycles.